The van der Waals surface area contributed by atoms with E-state index in [0.29, 0.717) is 0 Å². The SMILES string of the molecule is COc1ccc(C(Cl)CCC2CCCC2)c2ccccc12. The average Bonchev–Trinajstić information content (AvgIpc) is 3.05. The molecule has 0 saturated heterocycles. The molecule has 1 unspecified atom stereocenters. The fourth-order valence-electron chi connectivity index (χ4n) is 3.58. The number of benzene rings is 2. The minimum atomic E-state index is 0.0985. The van der Waals surface area contributed by atoms with E-state index in [4.69, 9.17) is 16.3 Å². The van der Waals surface area contributed by atoms with Crippen LogP contribution in [0.15, 0.2) is 36.4 Å². The molecule has 1 aliphatic rings. The first-order valence-electron chi connectivity index (χ1n) is 7.99. The third-order valence-corrected chi connectivity index (χ3v) is 5.23. The number of methoxy groups -OCH3 is 1. The quantitative estimate of drug-likeness (QED) is 0.606. The largest absolute Gasteiger partial charge is 0.496 e. The van der Waals surface area contributed by atoms with E-state index in [1.807, 2.05) is 6.07 Å². The summed E-state index contributed by atoms with van der Waals surface area (Å²) >= 11 is 6.72. The zero-order valence-electron chi connectivity index (χ0n) is 12.6. The lowest BCUT2D eigenvalue weighted by atomic mass is 9.95. The average molecular weight is 303 g/mol. The van der Waals surface area contributed by atoms with Gasteiger partial charge in [0.1, 0.15) is 5.75 Å². The molecule has 2 heteroatoms. The Morgan fingerprint density at radius 1 is 1.10 bits per heavy atom. The molecule has 0 heterocycles. The summed E-state index contributed by atoms with van der Waals surface area (Å²) < 4.78 is 5.46. The maximum absolute atomic E-state index is 6.72. The lowest BCUT2D eigenvalue weighted by Gasteiger charge is -2.16. The molecule has 2 aromatic rings. The molecule has 0 radical (unpaired) electrons. The van der Waals surface area contributed by atoms with Gasteiger partial charge in [-0.25, -0.2) is 0 Å². The van der Waals surface area contributed by atoms with E-state index in [1.54, 1.807) is 7.11 Å². The molecule has 0 bridgehead atoms. The molecule has 21 heavy (non-hydrogen) atoms. The fraction of sp³-hybridized carbons (Fsp3) is 0.474. The number of hydrogen-bond donors (Lipinski definition) is 0. The second-order valence-electron chi connectivity index (χ2n) is 6.10. The number of rotatable bonds is 5. The normalized spacial score (nSPS) is 17.2. The summed E-state index contributed by atoms with van der Waals surface area (Å²) in [4.78, 5) is 0. The number of ether oxygens (including phenoxy) is 1. The number of fused-ring (bicyclic) bond motifs is 1. The molecule has 1 atom stereocenters. The first-order valence-corrected chi connectivity index (χ1v) is 8.43. The minimum Gasteiger partial charge on any atom is -0.496 e. The van der Waals surface area contributed by atoms with Gasteiger partial charge in [0.05, 0.1) is 12.5 Å². The molecular formula is C19H23ClO. The molecule has 0 spiro atoms. The van der Waals surface area contributed by atoms with Crippen molar-refractivity contribution in [1.82, 2.24) is 0 Å². The van der Waals surface area contributed by atoms with Gasteiger partial charge in [0.25, 0.3) is 0 Å². The van der Waals surface area contributed by atoms with E-state index in [0.717, 1.165) is 23.5 Å². The molecule has 0 aliphatic heterocycles. The lowest BCUT2D eigenvalue weighted by Crippen LogP contribution is -1.99. The van der Waals surface area contributed by atoms with E-state index in [9.17, 15) is 0 Å². The number of hydrogen-bond acceptors (Lipinski definition) is 1. The maximum atomic E-state index is 6.72. The fourth-order valence-corrected chi connectivity index (χ4v) is 3.90. The highest BCUT2D eigenvalue weighted by atomic mass is 35.5. The summed E-state index contributed by atoms with van der Waals surface area (Å²) in [5.41, 5.74) is 1.24. The van der Waals surface area contributed by atoms with E-state index >= 15 is 0 Å². The van der Waals surface area contributed by atoms with Crippen LogP contribution in [0.2, 0.25) is 0 Å². The number of alkyl halides is 1. The molecule has 3 rings (SSSR count). The van der Waals surface area contributed by atoms with Crippen LogP contribution in [0.5, 0.6) is 5.75 Å². The molecule has 2 aromatic carbocycles. The van der Waals surface area contributed by atoms with Gasteiger partial charge in [-0.2, -0.15) is 0 Å². The molecular weight excluding hydrogens is 280 g/mol. The van der Waals surface area contributed by atoms with E-state index < -0.39 is 0 Å². The second-order valence-corrected chi connectivity index (χ2v) is 6.62. The molecule has 0 N–H and O–H groups in total. The molecule has 0 amide bonds. The Labute approximate surface area is 132 Å². The van der Waals surface area contributed by atoms with Gasteiger partial charge in [0.2, 0.25) is 0 Å². The van der Waals surface area contributed by atoms with Crippen LogP contribution < -0.4 is 4.74 Å². The molecule has 1 fully saturated rings. The van der Waals surface area contributed by atoms with Crippen LogP contribution in [-0.4, -0.2) is 7.11 Å². The highest BCUT2D eigenvalue weighted by molar-refractivity contribution is 6.22. The molecule has 0 aromatic heterocycles. The van der Waals surface area contributed by atoms with Crippen LogP contribution in [0.3, 0.4) is 0 Å². The Balaban J connectivity index is 1.82. The van der Waals surface area contributed by atoms with Crippen molar-refractivity contribution in [3.05, 3.63) is 42.0 Å². The predicted molar refractivity (Wildman–Crippen MR) is 90.3 cm³/mol. The Hall–Kier alpha value is -1.21. The Morgan fingerprint density at radius 2 is 1.81 bits per heavy atom. The van der Waals surface area contributed by atoms with Crippen LogP contribution in [-0.2, 0) is 0 Å². The number of halogens is 1. The molecule has 1 saturated carbocycles. The molecule has 1 nitrogen and oxygen atoms in total. The van der Waals surface area contributed by atoms with Crippen molar-refractivity contribution in [1.29, 1.82) is 0 Å². The van der Waals surface area contributed by atoms with Gasteiger partial charge >= 0.3 is 0 Å². The van der Waals surface area contributed by atoms with Gasteiger partial charge < -0.3 is 4.74 Å². The Morgan fingerprint density at radius 3 is 2.52 bits per heavy atom. The highest BCUT2D eigenvalue weighted by Crippen LogP contribution is 2.38. The zero-order valence-corrected chi connectivity index (χ0v) is 13.4. The summed E-state index contributed by atoms with van der Waals surface area (Å²) in [6.45, 7) is 0. The van der Waals surface area contributed by atoms with Crippen molar-refractivity contribution in [2.45, 2.75) is 43.9 Å². The zero-order chi connectivity index (χ0) is 14.7. The summed E-state index contributed by atoms with van der Waals surface area (Å²) in [7, 11) is 1.72. The topological polar surface area (TPSA) is 9.23 Å². The van der Waals surface area contributed by atoms with E-state index in [-0.39, 0.29) is 5.38 Å². The van der Waals surface area contributed by atoms with Crippen molar-refractivity contribution in [2.75, 3.05) is 7.11 Å². The third-order valence-electron chi connectivity index (χ3n) is 4.78. The summed E-state index contributed by atoms with van der Waals surface area (Å²) in [5, 5.41) is 2.48. The van der Waals surface area contributed by atoms with Gasteiger partial charge in [-0.1, -0.05) is 56.0 Å². The van der Waals surface area contributed by atoms with Gasteiger partial charge in [-0.3, -0.25) is 0 Å². The van der Waals surface area contributed by atoms with Gasteiger partial charge in [-0.15, -0.1) is 11.6 Å². The van der Waals surface area contributed by atoms with Crippen molar-refractivity contribution < 1.29 is 4.74 Å². The first-order chi connectivity index (χ1) is 10.3. The van der Waals surface area contributed by atoms with Crippen LogP contribution >= 0.6 is 11.6 Å². The minimum absolute atomic E-state index is 0.0985. The van der Waals surface area contributed by atoms with Crippen molar-refractivity contribution >= 4 is 22.4 Å². The predicted octanol–water partition coefficient (Wildman–Crippen LogP) is 6.10. The van der Waals surface area contributed by atoms with Crippen LogP contribution in [0.4, 0.5) is 0 Å². The standard InChI is InChI=1S/C19H23ClO/c1-21-19-13-11-16(15-8-4-5-9-17(15)19)18(20)12-10-14-6-2-3-7-14/h4-5,8-9,11,13-14,18H,2-3,6-7,10,12H2,1H3. The van der Waals surface area contributed by atoms with E-state index in [2.05, 4.69) is 30.3 Å². The van der Waals surface area contributed by atoms with Crippen LogP contribution in [0, 0.1) is 5.92 Å². The van der Waals surface area contributed by atoms with Gasteiger partial charge in [-0.05, 0) is 35.8 Å². The van der Waals surface area contributed by atoms with E-state index in [1.165, 1.54) is 43.1 Å². The van der Waals surface area contributed by atoms with Crippen LogP contribution in [0.25, 0.3) is 10.8 Å². The lowest BCUT2D eigenvalue weighted by molar-refractivity contribution is 0.419. The molecule has 1 aliphatic carbocycles. The monoisotopic (exact) mass is 302 g/mol. The third kappa shape index (κ3) is 3.18. The Kier molecular flexibility index (Phi) is 4.70. The smallest absolute Gasteiger partial charge is 0.126 e. The summed E-state index contributed by atoms with van der Waals surface area (Å²) in [5.74, 6) is 1.82. The van der Waals surface area contributed by atoms with Gasteiger partial charge in [0.15, 0.2) is 0 Å². The highest BCUT2D eigenvalue weighted by Gasteiger charge is 2.19. The maximum Gasteiger partial charge on any atom is 0.126 e. The summed E-state index contributed by atoms with van der Waals surface area (Å²) in [6, 6.07) is 12.6. The van der Waals surface area contributed by atoms with Crippen LogP contribution in [0.1, 0.15) is 49.5 Å². The Bertz CT molecular complexity index is 602. The first kappa shape index (κ1) is 14.7. The van der Waals surface area contributed by atoms with Crippen molar-refractivity contribution in [3.8, 4) is 5.75 Å². The second kappa shape index (κ2) is 6.70. The van der Waals surface area contributed by atoms with Crippen molar-refractivity contribution in [3.63, 3.8) is 0 Å². The molecule has 112 valence electrons. The van der Waals surface area contributed by atoms with Gasteiger partial charge in [0, 0.05) is 5.39 Å². The summed E-state index contributed by atoms with van der Waals surface area (Å²) in [6.07, 6.45) is 7.93. The van der Waals surface area contributed by atoms with Crippen molar-refractivity contribution in [2.24, 2.45) is 5.92 Å².